The first-order chi connectivity index (χ1) is 4.38. The van der Waals surface area contributed by atoms with Crippen molar-refractivity contribution >= 4 is 0 Å². The Kier molecular flexibility index (Phi) is 1.12. The van der Waals surface area contributed by atoms with Crippen molar-refractivity contribution in [1.82, 2.24) is 4.90 Å². The van der Waals surface area contributed by atoms with Gasteiger partial charge in [-0.1, -0.05) is 11.6 Å². The van der Waals surface area contributed by atoms with Crippen LogP contribution >= 0.6 is 0 Å². The average molecular weight is 123 g/mol. The van der Waals surface area contributed by atoms with Gasteiger partial charge in [-0.3, -0.25) is 4.90 Å². The van der Waals surface area contributed by atoms with Crippen LogP contribution in [0.2, 0.25) is 0 Å². The van der Waals surface area contributed by atoms with Gasteiger partial charge < -0.3 is 0 Å². The maximum Gasteiger partial charge on any atom is 0.0193 e. The maximum absolute atomic E-state index is 2.52. The highest BCUT2D eigenvalue weighted by Crippen LogP contribution is 2.29. The monoisotopic (exact) mass is 123 g/mol. The molecule has 0 spiro atoms. The summed E-state index contributed by atoms with van der Waals surface area (Å²) in [6.45, 7) is 6.16. The molecule has 0 amide bonds. The summed E-state index contributed by atoms with van der Waals surface area (Å²) in [6, 6.07) is 0. The third kappa shape index (κ3) is 0.799. The fourth-order valence-corrected chi connectivity index (χ4v) is 1.87. The van der Waals surface area contributed by atoms with E-state index in [1.807, 2.05) is 0 Å². The lowest BCUT2D eigenvalue weighted by atomic mass is 9.86. The molecule has 3 aliphatic rings. The zero-order chi connectivity index (χ0) is 6.27. The topological polar surface area (TPSA) is 3.24 Å². The van der Waals surface area contributed by atoms with Gasteiger partial charge in [0.05, 0.1) is 0 Å². The number of allylic oxidation sites excluding steroid dienone is 1. The van der Waals surface area contributed by atoms with Crippen molar-refractivity contribution in [3.8, 4) is 0 Å². The van der Waals surface area contributed by atoms with E-state index in [-0.39, 0.29) is 0 Å². The van der Waals surface area contributed by atoms with Crippen LogP contribution in [0.15, 0.2) is 11.6 Å². The van der Waals surface area contributed by atoms with Crippen LogP contribution in [-0.4, -0.2) is 24.5 Å². The molecule has 0 radical (unpaired) electrons. The van der Waals surface area contributed by atoms with E-state index in [2.05, 4.69) is 17.9 Å². The molecule has 0 aromatic carbocycles. The molecule has 0 aromatic rings. The van der Waals surface area contributed by atoms with Crippen molar-refractivity contribution in [2.75, 3.05) is 19.6 Å². The zero-order valence-electron chi connectivity index (χ0n) is 5.93. The number of nitrogens with zero attached hydrogens (tertiary/aromatic N) is 1. The molecule has 3 heterocycles. The predicted octanol–water partition coefficient (Wildman–Crippen LogP) is 1.27. The largest absolute Gasteiger partial charge is 0.299 e. The predicted molar refractivity (Wildman–Crippen MR) is 38.3 cm³/mol. The van der Waals surface area contributed by atoms with Crippen LogP contribution in [-0.2, 0) is 0 Å². The van der Waals surface area contributed by atoms with Crippen LogP contribution in [0.1, 0.15) is 13.3 Å². The molecule has 3 aliphatic heterocycles. The summed E-state index contributed by atoms with van der Waals surface area (Å²) in [4.78, 5) is 2.52. The molecule has 0 N–H and O–H groups in total. The third-order valence-electron chi connectivity index (χ3n) is 2.42. The van der Waals surface area contributed by atoms with Crippen LogP contribution in [0.5, 0.6) is 0 Å². The molecule has 9 heavy (non-hydrogen) atoms. The molecular formula is C8H13N. The lowest BCUT2D eigenvalue weighted by Crippen LogP contribution is -2.51. The summed E-state index contributed by atoms with van der Waals surface area (Å²) in [5.74, 6) is 1.02. The second kappa shape index (κ2) is 1.84. The minimum atomic E-state index is 1.02. The van der Waals surface area contributed by atoms with Gasteiger partial charge in [-0.15, -0.1) is 0 Å². The van der Waals surface area contributed by atoms with Crippen LogP contribution < -0.4 is 0 Å². The van der Waals surface area contributed by atoms with Crippen LogP contribution in [0.4, 0.5) is 0 Å². The number of hydrogen-bond donors (Lipinski definition) is 0. The van der Waals surface area contributed by atoms with Crippen LogP contribution in [0.3, 0.4) is 0 Å². The minimum Gasteiger partial charge on any atom is -0.299 e. The fraction of sp³-hybridized carbons (Fsp3) is 0.750. The average Bonchev–Trinajstić information content (AvgIpc) is 1.87. The highest BCUT2D eigenvalue weighted by atomic mass is 15.2. The summed E-state index contributed by atoms with van der Waals surface area (Å²) in [7, 11) is 0. The number of piperidine rings is 2. The van der Waals surface area contributed by atoms with Crippen molar-refractivity contribution < 1.29 is 0 Å². The summed E-state index contributed by atoms with van der Waals surface area (Å²) in [5.41, 5.74) is 1.65. The zero-order valence-corrected chi connectivity index (χ0v) is 5.93. The fourth-order valence-electron chi connectivity index (χ4n) is 1.87. The number of fused-ring (bicyclic) bond motifs is 2. The van der Waals surface area contributed by atoms with Crippen LogP contribution in [0.25, 0.3) is 0 Å². The van der Waals surface area contributed by atoms with Gasteiger partial charge in [0, 0.05) is 19.6 Å². The molecule has 50 valence electrons. The smallest absolute Gasteiger partial charge is 0.0193 e. The van der Waals surface area contributed by atoms with Gasteiger partial charge in [-0.2, -0.15) is 0 Å². The molecule has 0 atom stereocenters. The first-order valence-electron chi connectivity index (χ1n) is 3.75. The first-order valence-corrected chi connectivity index (χ1v) is 3.75. The molecule has 0 aliphatic carbocycles. The molecule has 1 nitrogen and oxygen atoms in total. The van der Waals surface area contributed by atoms with Gasteiger partial charge in [0.1, 0.15) is 0 Å². The molecule has 2 bridgehead atoms. The maximum atomic E-state index is 2.52. The minimum absolute atomic E-state index is 1.02. The van der Waals surface area contributed by atoms with E-state index in [1.165, 1.54) is 26.1 Å². The van der Waals surface area contributed by atoms with Crippen LogP contribution in [0, 0.1) is 5.92 Å². The molecule has 0 aromatic heterocycles. The standard InChI is InChI=1S/C8H13N/c1-2-7-3-8-5-9(4-7)6-8/h2,8H,3-6H2,1H3/b7-2+. The number of hydrogen-bond acceptors (Lipinski definition) is 1. The Balaban J connectivity index is 2.04. The van der Waals surface area contributed by atoms with E-state index in [0.717, 1.165) is 5.92 Å². The van der Waals surface area contributed by atoms with E-state index in [9.17, 15) is 0 Å². The summed E-state index contributed by atoms with van der Waals surface area (Å²) >= 11 is 0. The van der Waals surface area contributed by atoms with E-state index in [0.29, 0.717) is 0 Å². The van der Waals surface area contributed by atoms with Gasteiger partial charge in [-0.25, -0.2) is 0 Å². The molecule has 3 fully saturated rings. The molecule has 3 saturated heterocycles. The van der Waals surface area contributed by atoms with Crippen molar-refractivity contribution in [3.05, 3.63) is 11.6 Å². The van der Waals surface area contributed by atoms with Gasteiger partial charge in [0.2, 0.25) is 0 Å². The summed E-state index contributed by atoms with van der Waals surface area (Å²) in [6.07, 6.45) is 3.66. The van der Waals surface area contributed by atoms with Gasteiger partial charge >= 0.3 is 0 Å². The Morgan fingerprint density at radius 1 is 1.56 bits per heavy atom. The Morgan fingerprint density at radius 2 is 2.33 bits per heavy atom. The van der Waals surface area contributed by atoms with Gasteiger partial charge in [0.25, 0.3) is 0 Å². The lowest BCUT2D eigenvalue weighted by Gasteiger charge is -2.45. The molecule has 1 heteroatoms. The van der Waals surface area contributed by atoms with Crippen molar-refractivity contribution in [1.29, 1.82) is 0 Å². The second-order valence-electron chi connectivity index (χ2n) is 3.21. The Bertz CT molecular complexity index is 131. The van der Waals surface area contributed by atoms with E-state index >= 15 is 0 Å². The third-order valence-corrected chi connectivity index (χ3v) is 2.42. The molecular weight excluding hydrogens is 110 g/mol. The normalized spacial score (nSPS) is 44.8. The summed E-state index contributed by atoms with van der Waals surface area (Å²) < 4.78 is 0. The quantitative estimate of drug-likeness (QED) is 0.438. The van der Waals surface area contributed by atoms with Crippen molar-refractivity contribution in [3.63, 3.8) is 0 Å². The number of rotatable bonds is 0. The van der Waals surface area contributed by atoms with E-state index in [4.69, 9.17) is 0 Å². The lowest BCUT2D eigenvalue weighted by molar-refractivity contribution is 0.0797. The second-order valence-corrected chi connectivity index (χ2v) is 3.21. The van der Waals surface area contributed by atoms with Crippen molar-refractivity contribution in [2.24, 2.45) is 5.92 Å². The van der Waals surface area contributed by atoms with Gasteiger partial charge in [0.15, 0.2) is 0 Å². The van der Waals surface area contributed by atoms with E-state index < -0.39 is 0 Å². The molecule has 0 saturated carbocycles. The Morgan fingerprint density at radius 3 is 2.67 bits per heavy atom. The highest BCUT2D eigenvalue weighted by molar-refractivity contribution is 5.12. The Labute approximate surface area is 56.4 Å². The SMILES string of the molecule is C/C=C1\CC2CN(C1)C2. The molecule has 3 rings (SSSR count). The highest BCUT2D eigenvalue weighted by Gasteiger charge is 2.32. The Hall–Kier alpha value is -0.300. The van der Waals surface area contributed by atoms with Crippen molar-refractivity contribution in [2.45, 2.75) is 13.3 Å². The van der Waals surface area contributed by atoms with E-state index in [1.54, 1.807) is 5.57 Å². The summed E-state index contributed by atoms with van der Waals surface area (Å²) in [5, 5.41) is 0. The van der Waals surface area contributed by atoms with Gasteiger partial charge in [-0.05, 0) is 19.3 Å². The first kappa shape index (κ1) is 5.48. The molecule has 0 unspecified atom stereocenters.